The smallest absolute Gasteiger partial charge is 0.234 e. The molecule has 3 aromatic rings. The minimum atomic E-state index is -0.128. The maximum atomic E-state index is 12.1. The van der Waals surface area contributed by atoms with Crippen LogP contribution in [0.1, 0.15) is 5.69 Å². The molecular formula is C18H15ClN2O2S. The molecule has 1 aromatic heterocycles. The third-order valence-electron chi connectivity index (χ3n) is 3.43. The lowest BCUT2D eigenvalue weighted by molar-refractivity contribution is -0.113. The van der Waals surface area contributed by atoms with Gasteiger partial charge >= 0.3 is 0 Å². The molecule has 1 heterocycles. The quantitative estimate of drug-likeness (QED) is 0.723. The summed E-state index contributed by atoms with van der Waals surface area (Å²) in [6.45, 7) is 0. The summed E-state index contributed by atoms with van der Waals surface area (Å²) < 4.78 is 0. The van der Waals surface area contributed by atoms with Crippen molar-refractivity contribution >= 4 is 45.9 Å². The number of para-hydroxylation sites is 2. The van der Waals surface area contributed by atoms with Crippen LogP contribution in [0, 0.1) is 0 Å². The van der Waals surface area contributed by atoms with Crippen molar-refractivity contribution in [2.24, 2.45) is 0 Å². The summed E-state index contributed by atoms with van der Waals surface area (Å²) in [5, 5.41) is 3.95. The van der Waals surface area contributed by atoms with Crippen LogP contribution < -0.4 is 10.7 Å². The second kappa shape index (κ2) is 7.55. The van der Waals surface area contributed by atoms with E-state index in [1.54, 1.807) is 24.3 Å². The van der Waals surface area contributed by atoms with Crippen LogP contribution in [0.25, 0.3) is 10.9 Å². The number of carbonyl (C=O) groups excluding carboxylic acids is 1. The highest BCUT2D eigenvalue weighted by Crippen LogP contribution is 2.21. The van der Waals surface area contributed by atoms with Gasteiger partial charge in [0.1, 0.15) is 0 Å². The van der Waals surface area contributed by atoms with Crippen molar-refractivity contribution < 1.29 is 4.79 Å². The summed E-state index contributed by atoms with van der Waals surface area (Å²) in [6, 6.07) is 16.1. The molecule has 0 radical (unpaired) electrons. The van der Waals surface area contributed by atoms with Gasteiger partial charge in [0.25, 0.3) is 0 Å². The van der Waals surface area contributed by atoms with Gasteiger partial charge in [0.05, 0.1) is 16.5 Å². The lowest BCUT2D eigenvalue weighted by atomic mass is 10.2. The third kappa shape index (κ3) is 3.99. The highest BCUT2D eigenvalue weighted by atomic mass is 35.5. The number of nitrogens with one attached hydrogen (secondary N) is 2. The van der Waals surface area contributed by atoms with E-state index in [0.717, 1.165) is 11.2 Å². The zero-order valence-electron chi connectivity index (χ0n) is 12.7. The number of aromatic nitrogens is 1. The fourth-order valence-electron chi connectivity index (χ4n) is 2.33. The molecule has 24 heavy (non-hydrogen) atoms. The van der Waals surface area contributed by atoms with Crippen LogP contribution in [0.15, 0.2) is 59.4 Å². The molecule has 6 heteroatoms. The first-order chi connectivity index (χ1) is 11.6. The standard InChI is InChI=1S/C18H15ClN2O2S/c19-14-6-2-4-8-16(14)21-18(23)11-24-10-12-9-17(22)13-5-1-3-7-15(13)20-12/h1-9H,10-11H2,(H,20,22)(H,21,23). The average molecular weight is 359 g/mol. The number of pyridine rings is 1. The summed E-state index contributed by atoms with van der Waals surface area (Å²) in [4.78, 5) is 27.3. The molecule has 0 aliphatic heterocycles. The van der Waals surface area contributed by atoms with Gasteiger partial charge in [-0.2, -0.15) is 0 Å². The van der Waals surface area contributed by atoms with E-state index in [9.17, 15) is 9.59 Å². The first-order valence-electron chi connectivity index (χ1n) is 7.36. The predicted molar refractivity (Wildman–Crippen MR) is 101 cm³/mol. The first-order valence-corrected chi connectivity index (χ1v) is 8.90. The molecule has 3 rings (SSSR count). The van der Waals surface area contributed by atoms with Gasteiger partial charge in [-0.05, 0) is 24.3 Å². The van der Waals surface area contributed by atoms with Crippen molar-refractivity contribution in [1.82, 2.24) is 4.98 Å². The number of benzene rings is 2. The largest absolute Gasteiger partial charge is 0.357 e. The maximum absolute atomic E-state index is 12.1. The molecule has 0 aliphatic carbocycles. The number of H-pyrrole nitrogens is 1. The highest BCUT2D eigenvalue weighted by molar-refractivity contribution is 7.99. The number of thioether (sulfide) groups is 1. The molecule has 4 nitrogen and oxygen atoms in total. The molecule has 0 aliphatic rings. The van der Waals surface area contributed by atoms with Crippen molar-refractivity contribution in [2.45, 2.75) is 5.75 Å². The van der Waals surface area contributed by atoms with Crippen LogP contribution in [-0.4, -0.2) is 16.6 Å². The van der Waals surface area contributed by atoms with E-state index in [1.165, 1.54) is 11.8 Å². The van der Waals surface area contributed by atoms with Crippen LogP contribution in [0.5, 0.6) is 0 Å². The summed E-state index contributed by atoms with van der Waals surface area (Å²) >= 11 is 7.44. The van der Waals surface area contributed by atoms with E-state index in [0.29, 0.717) is 21.8 Å². The summed E-state index contributed by atoms with van der Waals surface area (Å²) in [7, 11) is 0. The number of fused-ring (bicyclic) bond motifs is 1. The Morgan fingerprint density at radius 2 is 1.88 bits per heavy atom. The minimum Gasteiger partial charge on any atom is -0.357 e. The number of hydrogen-bond acceptors (Lipinski definition) is 3. The Hall–Kier alpha value is -2.24. The third-order valence-corrected chi connectivity index (χ3v) is 4.74. The lowest BCUT2D eigenvalue weighted by Gasteiger charge is -2.07. The second-order valence-electron chi connectivity index (χ2n) is 5.23. The van der Waals surface area contributed by atoms with E-state index in [-0.39, 0.29) is 17.1 Å². The van der Waals surface area contributed by atoms with Gasteiger partial charge in [0.2, 0.25) is 5.91 Å². The SMILES string of the molecule is O=C(CSCc1cc(=O)c2ccccc2[nH]1)Nc1ccccc1Cl. The van der Waals surface area contributed by atoms with Crippen molar-refractivity contribution in [2.75, 3.05) is 11.1 Å². The van der Waals surface area contributed by atoms with E-state index in [1.807, 2.05) is 30.3 Å². The normalized spacial score (nSPS) is 10.7. The molecule has 2 aromatic carbocycles. The Bertz CT molecular complexity index is 939. The number of hydrogen-bond donors (Lipinski definition) is 2. The Balaban J connectivity index is 1.59. The number of amides is 1. The zero-order valence-corrected chi connectivity index (χ0v) is 14.3. The van der Waals surface area contributed by atoms with Crippen LogP contribution in [0.2, 0.25) is 5.02 Å². The summed E-state index contributed by atoms with van der Waals surface area (Å²) in [6.07, 6.45) is 0. The van der Waals surface area contributed by atoms with Crippen LogP contribution in [0.4, 0.5) is 5.69 Å². The number of rotatable bonds is 5. The minimum absolute atomic E-state index is 0.0135. The average Bonchev–Trinajstić information content (AvgIpc) is 2.57. The molecule has 0 saturated carbocycles. The number of aromatic amines is 1. The van der Waals surface area contributed by atoms with Crippen LogP contribution in [0.3, 0.4) is 0 Å². The second-order valence-corrected chi connectivity index (χ2v) is 6.62. The first kappa shape index (κ1) is 16.6. The number of anilines is 1. The molecule has 0 saturated heterocycles. The molecule has 122 valence electrons. The van der Waals surface area contributed by atoms with Crippen molar-refractivity contribution in [1.29, 1.82) is 0 Å². The van der Waals surface area contributed by atoms with Gasteiger partial charge in [-0.25, -0.2) is 0 Å². The van der Waals surface area contributed by atoms with Gasteiger partial charge in [0.15, 0.2) is 5.43 Å². The van der Waals surface area contributed by atoms with Gasteiger partial charge in [-0.1, -0.05) is 35.9 Å². The van der Waals surface area contributed by atoms with Crippen LogP contribution in [-0.2, 0) is 10.5 Å². The van der Waals surface area contributed by atoms with Gasteiger partial charge in [0, 0.05) is 28.4 Å². The Labute approximate surface area is 148 Å². The Kier molecular flexibility index (Phi) is 5.23. The van der Waals surface area contributed by atoms with E-state index < -0.39 is 0 Å². The number of carbonyl (C=O) groups is 1. The van der Waals surface area contributed by atoms with E-state index in [2.05, 4.69) is 10.3 Å². The summed E-state index contributed by atoms with van der Waals surface area (Å²) in [5.41, 5.74) is 2.19. The molecule has 1 amide bonds. The molecule has 0 atom stereocenters. The fourth-order valence-corrected chi connectivity index (χ4v) is 3.25. The van der Waals surface area contributed by atoms with Crippen molar-refractivity contribution in [3.8, 4) is 0 Å². The van der Waals surface area contributed by atoms with Crippen LogP contribution >= 0.6 is 23.4 Å². The molecule has 0 fully saturated rings. The fraction of sp³-hybridized carbons (Fsp3) is 0.111. The summed E-state index contributed by atoms with van der Waals surface area (Å²) in [5.74, 6) is 0.701. The van der Waals surface area contributed by atoms with Gasteiger partial charge in [-0.3, -0.25) is 9.59 Å². The molecule has 0 bridgehead atoms. The zero-order chi connectivity index (χ0) is 16.9. The Morgan fingerprint density at radius 1 is 1.12 bits per heavy atom. The predicted octanol–water partition coefficient (Wildman–Crippen LogP) is 4.05. The monoisotopic (exact) mass is 358 g/mol. The molecular weight excluding hydrogens is 344 g/mol. The van der Waals surface area contributed by atoms with Crippen molar-refractivity contribution in [3.05, 3.63) is 75.5 Å². The van der Waals surface area contributed by atoms with Gasteiger partial charge in [-0.15, -0.1) is 11.8 Å². The van der Waals surface area contributed by atoms with Gasteiger partial charge < -0.3 is 10.3 Å². The highest BCUT2D eigenvalue weighted by Gasteiger charge is 2.07. The lowest BCUT2D eigenvalue weighted by Crippen LogP contribution is -2.14. The van der Waals surface area contributed by atoms with E-state index >= 15 is 0 Å². The van der Waals surface area contributed by atoms with E-state index in [4.69, 9.17) is 11.6 Å². The molecule has 2 N–H and O–H groups in total. The Morgan fingerprint density at radius 3 is 2.71 bits per heavy atom. The molecule has 0 unspecified atom stereocenters. The maximum Gasteiger partial charge on any atom is 0.234 e. The molecule has 0 spiro atoms. The van der Waals surface area contributed by atoms with Crippen molar-refractivity contribution in [3.63, 3.8) is 0 Å². The topological polar surface area (TPSA) is 62.0 Å². The number of halogens is 1.